The smallest absolute Gasteiger partial charge is 0.0558 e. The lowest BCUT2D eigenvalue weighted by Crippen LogP contribution is -2.37. The molecule has 2 atom stereocenters. The lowest BCUT2D eigenvalue weighted by Gasteiger charge is -2.32. The molecule has 0 aliphatic rings. The summed E-state index contributed by atoms with van der Waals surface area (Å²) >= 11 is 0. The molecule has 0 aliphatic carbocycles. The predicted molar refractivity (Wildman–Crippen MR) is 285 cm³/mol. The van der Waals surface area contributed by atoms with Crippen molar-refractivity contribution in [2.45, 2.75) is 323 Å². The Morgan fingerprint density at radius 1 is 0.381 bits per heavy atom. The molecule has 0 bridgehead atoms. The summed E-state index contributed by atoms with van der Waals surface area (Å²) in [7, 11) is 0. The highest BCUT2D eigenvalue weighted by Gasteiger charge is 2.20. The highest BCUT2D eigenvalue weighted by atomic mass is 16.3. The Labute approximate surface area is 398 Å². The third-order valence-corrected chi connectivity index (χ3v) is 14.9. The number of benzene rings is 1. The molecule has 0 heterocycles. The molecule has 1 aromatic carbocycles. The van der Waals surface area contributed by atoms with Gasteiger partial charge in [-0.25, -0.2) is 0 Å². The third-order valence-electron chi connectivity index (χ3n) is 14.9. The van der Waals surface area contributed by atoms with Gasteiger partial charge in [-0.1, -0.05) is 322 Å². The largest absolute Gasteiger partial charge is 0.395 e. The van der Waals surface area contributed by atoms with Gasteiger partial charge in [0.1, 0.15) is 0 Å². The van der Waals surface area contributed by atoms with Crippen molar-refractivity contribution in [3.05, 3.63) is 35.9 Å². The zero-order valence-corrected chi connectivity index (χ0v) is 44.1. The van der Waals surface area contributed by atoms with Crippen LogP contribution in [0.5, 0.6) is 0 Å². The van der Waals surface area contributed by atoms with Gasteiger partial charge in [0.05, 0.1) is 6.61 Å². The van der Waals surface area contributed by atoms with Gasteiger partial charge in [0.25, 0.3) is 0 Å². The molecule has 0 spiro atoms. The van der Waals surface area contributed by atoms with E-state index in [9.17, 15) is 5.11 Å². The first kappa shape index (κ1) is 60.2. The van der Waals surface area contributed by atoms with Gasteiger partial charge in [0, 0.05) is 19.1 Å². The number of nitrogens with zero attached hydrogens (tertiary/aromatic N) is 1. The molecule has 1 rings (SSSR count). The minimum atomic E-state index is 0.258. The quantitative estimate of drug-likeness (QED) is 0.0659. The fourth-order valence-corrected chi connectivity index (χ4v) is 10.6. The fourth-order valence-electron chi connectivity index (χ4n) is 10.6. The minimum Gasteiger partial charge on any atom is -0.395 e. The van der Waals surface area contributed by atoms with E-state index in [1.807, 2.05) is 0 Å². The van der Waals surface area contributed by atoms with Crippen LogP contribution in [0.1, 0.15) is 316 Å². The molecular weight excluding hydrogens is 763 g/mol. The summed E-state index contributed by atoms with van der Waals surface area (Å²) in [6, 6.07) is 11.6. The maximum Gasteiger partial charge on any atom is 0.0558 e. The van der Waals surface area contributed by atoms with Crippen LogP contribution in [0.3, 0.4) is 0 Å². The van der Waals surface area contributed by atoms with Crippen molar-refractivity contribution in [2.24, 2.45) is 17.8 Å². The predicted octanol–water partition coefficient (Wildman–Crippen LogP) is 20.6. The highest BCUT2D eigenvalue weighted by molar-refractivity contribution is 5.14. The normalized spacial score (nSPS) is 13.0. The van der Waals surface area contributed by atoms with E-state index in [4.69, 9.17) is 0 Å². The molecule has 2 heteroatoms. The van der Waals surface area contributed by atoms with Crippen LogP contribution in [0.25, 0.3) is 0 Å². The van der Waals surface area contributed by atoms with Gasteiger partial charge in [0.15, 0.2) is 0 Å². The van der Waals surface area contributed by atoms with Gasteiger partial charge < -0.3 is 5.11 Å². The summed E-state index contributed by atoms with van der Waals surface area (Å²) < 4.78 is 0. The standard InChI is InChI=1S/C61H117NO/c1-6-8-10-12-14-16-18-20-22-24-26-28-30-32-34-37-46-59(47-38-35-33-31-29-27-25-23-21-19-17-15-13-11-9-7-2)48-41-42-51-61(53-52-58(5)45-43-44-57(3)4)62(54-55-63)56-60-49-39-36-40-50-60/h36,39-40,49-50,57-59,61,63H,6-35,37-38,41-48,51-56H2,1-5H3. The summed E-state index contributed by atoms with van der Waals surface area (Å²) in [5.74, 6) is 2.54. The van der Waals surface area contributed by atoms with Gasteiger partial charge in [-0.2, -0.15) is 0 Å². The van der Waals surface area contributed by atoms with Crippen LogP contribution >= 0.6 is 0 Å². The van der Waals surface area contributed by atoms with E-state index >= 15 is 0 Å². The van der Waals surface area contributed by atoms with E-state index in [0.717, 1.165) is 30.8 Å². The van der Waals surface area contributed by atoms with Crippen molar-refractivity contribution in [1.29, 1.82) is 0 Å². The fraction of sp³-hybridized carbons (Fsp3) is 0.902. The van der Waals surface area contributed by atoms with Crippen LogP contribution in [-0.4, -0.2) is 29.2 Å². The monoisotopic (exact) mass is 880 g/mol. The third kappa shape index (κ3) is 41.1. The summed E-state index contributed by atoms with van der Waals surface area (Å²) in [5.41, 5.74) is 1.39. The molecule has 0 aromatic heterocycles. The molecule has 0 fully saturated rings. The SMILES string of the molecule is CCCCCCCCCCCCCCCCCCC(CCCCCCCCCCCCCCCCCC)CCCCC(CCC(C)CCCC(C)C)N(CCO)Cc1ccccc1. The van der Waals surface area contributed by atoms with Gasteiger partial charge >= 0.3 is 0 Å². The molecule has 0 saturated carbocycles. The Morgan fingerprint density at radius 2 is 0.746 bits per heavy atom. The second kappa shape index (κ2) is 47.6. The molecule has 1 aromatic rings. The zero-order chi connectivity index (χ0) is 45.5. The van der Waals surface area contributed by atoms with E-state index in [-0.39, 0.29) is 6.61 Å². The van der Waals surface area contributed by atoms with Crippen molar-refractivity contribution in [3.8, 4) is 0 Å². The Balaban J connectivity index is 2.52. The molecule has 0 radical (unpaired) electrons. The van der Waals surface area contributed by atoms with Crippen molar-refractivity contribution in [2.75, 3.05) is 13.2 Å². The molecular formula is C61H117NO. The van der Waals surface area contributed by atoms with Crippen molar-refractivity contribution < 1.29 is 5.11 Å². The second-order valence-electron chi connectivity index (χ2n) is 21.7. The van der Waals surface area contributed by atoms with Crippen molar-refractivity contribution in [3.63, 3.8) is 0 Å². The van der Waals surface area contributed by atoms with Crippen molar-refractivity contribution in [1.82, 2.24) is 4.90 Å². The Hall–Kier alpha value is -0.860. The lowest BCUT2D eigenvalue weighted by molar-refractivity contribution is 0.123. The number of rotatable bonds is 51. The number of aliphatic hydroxyl groups excluding tert-OH is 1. The molecule has 2 unspecified atom stereocenters. The Kier molecular flexibility index (Phi) is 45.5. The van der Waals surface area contributed by atoms with Crippen LogP contribution in [0.4, 0.5) is 0 Å². The lowest BCUT2D eigenvalue weighted by atomic mass is 9.88. The Bertz CT molecular complexity index is 956. The summed E-state index contributed by atoms with van der Waals surface area (Å²) in [4.78, 5) is 2.64. The van der Waals surface area contributed by atoms with Crippen LogP contribution < -0.4 is 0 Å². The molecule has 2 nitrogen and oxygen atoms in total. The van der Waals surface area contributed by atoms with Gasteiger partial charge in [-0.3, -0.25) is 4.90 Å². The maximum atomic E-state index is 10.2. The molecule has 1 N–H and O–H groups in total. The summed E-state index contributed by atoms with van der Waals surface area (Å²) in [6.07, 6.45) is 61.8. The van der Waals surface area contributed by atoms with Crippen LogP contribution in [-0.2, 0) is 6.54 Å². The maximum absolute atomic E-state index is 10.2. The van der Waals surface area contributed by atoms with Crippen LogP contribution in [0.15, 0.2) is 30.3 Å². The average Bonchev–Trinajstić information content (AvgIpc) is 3.28. The van der Waals surface area contributed by atoms with E-state index in [1.165, 1.54) is 282 Å². The van der Waals surface area contributed by atoms with Crippen molar-refractivity contribution >= 4 is 0 Å². The van der Waals surface area contributed by atoms with E-state index in [1.54, 1.807) is 0 Å². The number of unbranched alkanes of at least 4 members (excludes halogenated alkanes) is 31. The van der Waals surface area contributed by atoms with Gasteiger partial charge in [0.2, 0.25) is 0 Å². The Morgan fingerprint density at radius 3 is 1.13 bits per heavy atom. The van der Waals surface area contributed by atoms with Gasteiger partial charge in [-0.15, -0.1) is 0 Å². The molecule has 0 saturated heterocycles. The molecule has 0 aliphatic heterocycles. The number of hydrogen-bond donors (Lipinski definition) is 1. The van der Waals surface area contributed by atoms with Gasteiger partial charge in [-0.05, 0) is 42.6 Å². The minimum absolute atomic E-state index is 0.258. The van der Waals surface area contributed by atoms with E-state index in [0.29, 0.717) is 6.04 Å². The van der Waals surface area contributed by atoms with Crippen LogP contribution in [0.2, 0.25) is 0 Å². The molecule has 63 heavy (non-hydrogen) atoms. The zero-order valence-electron chi connectivity index (χ0n) is 44.1. The van der Waals surface area contributed by atoms with Crippen LogP contribution in [0, 0.1) is 17.8 Å². The second-order valence-corrected chi connectivity index (χ2v) is 21.7. The van der Waals surface area contributed by atoms with E-state index in [2.05, 4.69) is 69.9 Å². The molecule has 372 valence electrons. The number of hydrogen-bond acceptors (Lipinski definition) is 2. The van der Waals surface area contributed by atoms with E-state index < -0.39 is 0 Å². The average molecular weight is 881 g/mol. The topological polar surface area (TPSA) is 23.5 Å². The highest BCUT2D eigenvalue weighted by Crippen LogP contribution is 2.28. The molecule has 0 amide bonds. The number of aliphatic hydroxyl groups is 1. The first-order valence-corrected chi connectivity index (χ1v) is 29.4. The first-order chi connectivity index (χ1) is 31.0. The summed E-state index contributed by atoms with van der Waals surface area (Å²) in [5, 5.41) is 10.2. The summed E-state index contributed by atoms with van der Waals surface area (Å²) in [6.45, 7) is 13.9. The first-order valence-electron chi connectivity index (χ1n) is 29.4.